The van der Waals surface area contributed by atoms with Gasteiger partial charge >= 0.3 is 0 Å². The fourth-order valence-corrected chi connectivity index (χ4v) is 3.00. The molecule has 0 radical (unpaired) electrons. The minimum absolute atomic E-state index is 0.568. The summed E-state index contributed by atoms with van der Waals surface area (Å²) in [4.78, 5) is 0. The minimum Gasteiger partial charge on any atom is -0.313 e. The third kappa shape index (κ3) is 4.83. The Morgan fingerprint density at radius 3 is 2.63 bits per heavy atom. The Bertz CT molecular complexity index is 380. The number of aryl methyl sites for hydroxylation is 1. The van der Waals surface area contributed by atoms with Crippen LogP contribution in [0.25, 0.3) is 0 Å². The summed E-state index contributed by atoms with van der Waals surface area (Å²) in [6, 6.07) is 11.4. The standard InChI is InChI=1S/C18H27N/c1-19-18(15-14-16-10-6-5-7-11-16)17-12-8-3-2-4-9-13-17/h5-7,10-12,18-19H,2-4,8-9,13-15H2,1H3/b17-12+. The first-order valence-electron chi connectivity index (χ1n) is 7.80. The molecule has 1 nitrogen and oxygen atoms in total. The molecule has 0 aromatic heterocycles. The second-order valence-corrected chi connectivity index (χ2v) is 5.60. The summed E-state index contributed by atoms with van der Waals surface area (Å²) in [6.07, 6.45) is 13.0. The molecular weight excluding hydrogens is 230 g/mol. The van der Waals surface area contributed by atoms with Gasteiger partial charge in [0.2, 0.25) is 0 Å². The molecule has 1 heteroatoms. The van der Waals surface area contributed by atoms with Crippen molar-refractivity contribution in [1.29, 1.82) is 0 Å². The van der Waals surface area contributed by atoms with Crippen LogP contribution in [0.4, 0.5) is 0 Å². The van der Waals surface area contributed by atoms with Crippen molar-refractivity contribution in [2.45, 2.75) is 57.4 Å². The highest BCUT2D eigenvalue weighted by atomic mass is 14.9. The number of rotatable bonds is 5. The molecule has 0 saturated carbocycles. The lowest BCUT2D eigenvalue weighted by Gasteiger charge is -2.22. The second-order valence-electron chi connectivity index (χ2n) is 5.60. The Morgan fingerprint density at radius 2 is 1.84 bits per heavy atom. The number of benzene rings is 1. The Labute approximate surface area is 118 Å². The highest BCUT2D eigenvalue weighted by Crippen LogP contribution is 2.22. The van der Waals surface area contributed by atoms with E-state index in [4.69, 9.17) is 0 Å². The fraction of sp³-hybridized carbons (Fsp3) is 0.556. The maximum absolute atomic E-state index is 3.52. The third-order valence-electron chi connectivity index (χ3n) is 4.19. The molecule has 0 amide bonds. The first-order valence-corrected chi connectivity index (χ1v) is 7.80. The molecule has 0 bridgehead atoms. The van der Waals surface area contributed by atoms with E-state index in [2.05, 4.69) is 48.8 Å². The van der Waals surface area contributed by atoms with E-state index in [0.717, 1.165) is 0 Å². The molecule has 1 atom stereocenters. The van der Waals surface area contributed by atoms with Crippen molar-refractivity contribution >= 4 is 0 Å². The Hall–Kier alpha value is -1.08. The number of allylic oxidation sites excluding steroid dienone is 1. The van der Waals surface area contributed by atoms with Gasteiger partial charge in [-0.15, -0.1) is 0 Å². The number of nitrogens with one attached hydrogen (secondary N) is 1. The maximum Gasteiger partial charge on any atom is 0.0279 e. The van der Waals surface area contributed by atoms with Gasteiger partial charge < -0.3 is 5.32 Å². The molecule has 0 saturated heterocycles. The van der Waals surface area contributed by atoms with E-state index in [1.54, 1.807) is 5.57 Å². The van der Waals surface area contributed by atoms with Crippen LogP contribution in [0.5, 0.6) is 0 Å². The van der Waals surface area contributed by atoms with Crippen LogP contribution < -0.4 is 5.32 Å². The molecule has 1 unspecified atom stereocenters. The summed E-state index contributed by atoms with van der Waals surface area (Å²) < 4.78 is 0. The van der Waals surface area contributed by atoms with Crippen LogP contribution in [0.2, 0.25) is 0 Å². The lowest BCUT2D eigenvalue weighted by molar-refractivity contribution is 0.535. The molecule has 0 heterocycles. The van der Waals surface area contributed by atoms with Crippen LogP contribution >= 0.6 is 0 Å². The summed E-state index contributed by atoms with van der Waals surface area (Å²) in [5.74, 6) is 0. The van der Waals surface area contributed by atoms with E-state index in [-0.39, 0.29) is 0 Å². The average molecular weight is 257 g/mol. The number of hydrogen-bond donors (Lipinski definition) is 1. The normalized spacial score (nSPS) is 21.0. The van der Waals surface area contributed by atoms with Gasteiger partial charge in [0.05, 0.1) is 0 Å². The third-order valence-corrected chi connectivity index (χ3v) is 4.19. The summed E-state index contributed by atoms with van der Waals surface area (Å²) in [6.45, 7) is 0. The molecule has 1 aliphatic rings. The molecule has 1 aromatic rings. The van der Waals surface area contributed by atoms with Crippen LogP contribution in [-0.2, 0) is 6.42 Å². The van der Waals surface area contributed by atoms with Gasteiger partial charge in [0.15, 0.2) is 0 Å². The van der Waals surface area contributed by atoms with Crippen molar-refractivity contribution in [1.82, 2.24) is 5.32 Å². The predicted octanol–water partition coefficient (Wildman–Crippen LogP) is 4.49. The van der Waals surface area contributed by atoms with E-state index in [9.17, 15) is 0 Å². The smallest absolute Gasteiger partial charge is 0.0279 e. The first kappa shape index (κ1) is 14.3. The first-order chi connectivity index (χ1) is 9.40. The van der Waals surface area contributed by atoms with E-state index in [1.165, 1.54) is 56.9 Å². The molecule has 19 heavy (non-hydrogen) atoms. The molecule has 2 rings (SSSR count). The summed E-state index contributed by atoms with van der Waals surface area (Å²) in [7, 11) is 2.11. The van der Waals surface area contributed by atoms with Crippen molar-refractivity contribution in [3.05, 3.63) is 47.5 Å². The quantitative estimate of drug-likeness (QED) is 0.766. The Kier molecular flexibility index (Phi) is 6.16. The lowest BCUT2D eigenvalue weighted by Crippen LogP contribution is -2.28. The van der Waals surface area contributed by atoms with Crippen LogP contribution in [-0.4, -0.2) is 13.1 Å². The van der Waals surface area contributed by atoms with Gasteiger partial charge in [-0.05, 0) is 51.1 Å². The molecule has 1 aliphatic carbocycles. The average Bonchev–Trinajstić information content (AvgIpc) is 2.42. The summed E-state index contributed by atoms with van der Waals surface area (Å²) >= 11 is 0. The van der Waals surface area contributed by atoms with Gasteiger partial charge in [0.25, 0.3) is 0 Å². The van der Waals surface area contributed by atoms with E-state index >= 15 is 0 Å². The topological polar surface area (TPSA) is 12.0 Å². The molecular formula is C18H27N. The van der Waals surface area contributed by atoms with Crippen LogP contribution in [0.1, 0.15) is 50.5 Å². The zero-order chi connectivity index (χ0) is 13.3. The fourth-order valence-electron chi connectivity index (χ4n) is 3.00. The number of hydrogen-bond acceptors (Lipinski definition) is 1. The summed E-state index contributed by atoms with van der Waals surface area (Å²) in [5.41, 5.74) is 3.10. The molecule has 0 spiro atoms. The zero-order valence-corrected chi connectivity index (χ0v) is 12.2. The highest BCUT2D eigenvalue weighted by molar-refractivity contribution is 5.17. The van der Waals surface area contributed by atoms with Crippen molar-refractivity contribution in [2.75, 3.05) is 7.05 Å². The molecule has 1 aromatic carbocycles. The summed E-state index contributed by atoms with van der Waals surface area (Å²) in [5, 5.41) is 3.52. The highest BCUT2D eigenvalue weighted by Gasteiger charge is 2.13. The van der Waals surface area contributed by atoms with Crippen LogP contribution in [0.3, 0.4) is 0 Å². The molecule has 104 valence electrons. The second kappa shape index (κ2) is 8.16. The van der Waals surface area contributed by atoms with Gasteiger partial charge in [-0.25, -0.2) is 0 Å². The minimum atomic E-state index is 0.568. The van der Waals surface area contributed by atoms with Gasteiger partial charge in [-0.2, -0.15) is 0 Å². The Morgan fingerprint density at radius 1 is 1.05 bits per heavy atom. The molecule has 1 N–H and O–H groups in total. The SMILES string of the molecule is CNC(CCc1ccccc1)/C1=C/CCCCCC1. The predicted molar refractivity (Wildman–Crippen MR) is 83.4 cm³/mol. The van der Waals surface area contributed by atoms with Crippen molar-refractivity contribution < 1.29 is 0 Å². The van der Waals surface area contributed by atoms with Gasteiger partial charge in [-0.1, -0.05) is 54.8 Å². The van der Waals surface area contributed by atoms with Crippen molar-refractivity contribution in [2.24, 2.45) is 0 Å². The van der Waals surface area contributed by atoms with Crippen LogP contribution in [0, 0.1) is 0 Å². The lowest BCUT2D eigenvalue weighted by atomic mass is 9.91. The molecule has 0 aliphatic heterocycles. The monoisotopic (exact) mass is 257 g/mol. The molecule has 0 fully saturated rings. The van der Waals surface area contributed by atoms with Gasteiger partial charge in [0, 0.05) is 6.04 Å². The maximum atomic E-state index is 3.52. The number of likely N-dealkylation sites (N-methyl/N-ethyl adjacent to an activating group) is 1. The van der Waals surface area contributed by atoms with Crippen molar-refractivity contribution in [3.8, 4) is 0 Å². The van der Waals surface area contributed by atoms with E-state index in [0.29, 0.717) is 6.04 Å². The van der Waals surface area contributed by atoms with E-state index < -0.39 is 0 Å². The van der Waals surface area contributed by atoms with Crippen LogP contribution in [0.15, 0.2) is 42.0 Å². The van der Waals surface area contributed by atoms with E-state index in [1.807, 2.05) is 0 Å². The zero-order valence-electron chi connectivity index (χ0n) is 12.2. The van der Waals surface area contributed by atoms with Gasteiger partial charge in [-0.3, -0.25) is 0 Å². The van der Waals surface area contributed by atoms with Gasteiger partial charge in [0.1, 0.15) is 0 Å². The largest absolute Gasteiger partial charge is 0.313 e. The van der Waals surface area contributed by atoms with Crippen molar-refractivity contribution in [3.63, 3.8) is 0 Å². The Balaban J connectivity index is 1.91.